The third-order valence-corrected chi connectivity index (χ3v) is 6.00. The third kappa shape index (κ3) is 4.44. The van der Waals surface area contributed by atoms with Crippen LogP contribution >= 0.6 is 0 Å². The summed E-state index contributed by atoms with van der Waals surface area (Å²) >= 11 is 0. The fraction of sp³-hybridized carbons (Fsp3) is 0.143. The highest BCUT2D eigenvalue weighted by Gasteiger charge is 2.28. The van der Waals surface area contributed by atoms with Gasteiger partial charge in [0.25, 0.3) is 0 Å². The molecule has 5 heteroatoms. The number of carbonyl (C=O) groups is 1. The topological polar surface area (TPSA) is 71.2 Å². The molecule has 0 spiro atoms. The number of aromatic amines is 1. The van der Waals surface area contributed by atoms with Crippen LogP contribution in [0.4, 0.5) is 4.79 Å². The summed E-state index contributed by atoms with van der Waals surface area (Å²) in [6, 6.07) is 24.1. The normalized spacial score (nSPS) is 12.6. The number of hydrogen-bond acceptors (Lipinski definition) is 3. The van der Waals surface area contributed by atoms with Crippen LogP contribution in [-0.2, 0) is 4.74 Å². The van der Waals surface area contributed by atoms with Crippen molar-refractivity contribution in [3.8, 4) is 11.1 Å². The zero-order chi connectivity index (χ0) is 22.6. The number of ether oxygens (including phenoxy) is 1. The molecule has 1 aromatic heterocycles. The molecule has 1 aliphatic rings. The Labute approximate surface area is 191 Å². The van der Waals surface area contributed by atoms with Gasteiger partial charge < -0.3 is 15.0 Å². The van der Waals surface area contributed by atoms with E-state index in [4.69, 9.17) is 4.74 Å². The van der Waals surface area contributed by atoms with Crippen LogP contribution in [0.25, 0.3) is 28.0 Å². The molecule has 1 aliphatic carbocycles. The average molecular weight is 437 g/mol. The maximum atomic E-state index is 12.2. The number of nitrogens with one attached hydrogen (secondary N) is 2. The molecule has 5 nitrogen and oxygen atoms in total. The Balaban J connectivity index is 1.13. The smallest absolute Gasteiger partial charge is 0.407 e. The number of alkyl carbamates (subject to hydrolysis) is 1. The first kappa shape index (κ1) is 20.8. The van der Waals surface area contributed by atoms with Crippen LogP contribution in [0.5, 0.6) is 0 Å². The zero-order valence-corrected chi connectivity index (χ0v) is 18.1. The van der Waals surface area contributed by atoms with E-state index in [1.807, 2.05) is 54.6 Å². The van der Waals surface area contributed by atoms with E-state index in [1.165, 1.54) is 22.3 Å². The first-order chi connectivity index (χ1) is 16.2. The Bertz CT molecular complexity index is 1360. The molecule has 0 bridgehead atoms. The summed E-state index contributed by atoms with van der Waals surface area (Å²) in [5.74, 6) is 0.0585. The lowest BCUT2D eigenvalue weighted by molar-refractivity contribution is 0.143. The molecule has 33 heavy (non-hydrogen) atoms. The van der Waals surface area contributed by atoms with Gasteiger partial charge in [0.15, 0.2) is 0 Å². The quantitative estimate of drug-likeness (QED) is 0.394. The van der Waals surface area contributed by atoms with Crippen LogP contribution < -0.4 is 10.9 Å². The molecule has 3 aromatic carbocycles. The van der Waals surface area contributed by atoms with Gasteiger partial charge >= 0.3 is 6.09 Å². The fourth-order valence-electron chi connectivity index (χ4n) is 4.41. The van der Waals surface area contributed by atoms with Crippen LogP contribution in [0.3, 0.4) is 0 Å². The maximum absolute atomic E-state index is 12.2. The van der Waals surface area contributed by atoms with E-state index >= 15 is 0 Å². The van der Waals surface area contributed by atoms with Gasteiger partial charge in [0.1, 0.15) is 6.61 Å². The van der Waals surface area contributed by atoms with Crippen molar-refractivity contribution in [2.45, 2.75) is 12.3 Å². The van der Waals surface area contributed by atoms with Gasteiger partial charge in [0, 0.05) is 24.7 Å². The second-order valence-electron chi connectivity index (χ2n) is 8.13. The van der Waals surface area contributed by atoms with Crippen molar-refractivity contribution in [1.82, 2.24) is 10.3 Å². The lowest BCUT2D eigenvalue weighted by atomic mass is 9.98. The molecule has 0 saturated heterocycles. The highest BCUT2D eigenvalue weighted by Crippen LogP contribution is 2.44. The number of aromatic nitrogens is 1. The van der Waals surface area contributed by atoms with Gasteiger partial charge in [-0.2, -0.15) is 0 Å². The Morgan fingerprint density at radius 3 is 2.42 bits per heavy atom. The first-order valence-electron chi connectivity index (χ1n) is 11.1. The Hall–Kier alpha value is -4.12. The van der Waals surface area contributed by atoms with E-state index in [2.05, 4.69) is 34.6 Å². The van der Waals surface area contributed by atoms with Gasteiger partial charge in [0.05, 0.1) is 0 Å². The SMILES string of the molecule is O=C(NCCC=Cc1ccc2c[nH]c(=O)cc2c1)OCC1c2ccccc2-c2ccccc21. The standard InChI is InChI=1S/C28H24N2O3/c31-27-16-21-15-19(12-13-20(21)17-30-27)7-5-6-14-29-28(32)33-18-26-24-10-3-1-8-22(24)23-9-2-4-11-25(23)26/h1-5,7-13,15-17,26H,6,14,18H2,(H,29,32)(H,30,31). The van der Waals surface area contributed by atoms with Gasteiger partial charge in [-0.25, -0.2) is 4.79 Å². The minimum absolute atomic E-state index is 0.0585. The van der Waals surface area contributed by atoms with E-state index < -0.39 is 6.09 Å². The predicted molar refractivity (Wildman–Crippen MR) is 131 cm³/mol. The lowest BCUT2D eigenvalue weighted by Crippen LogP contribution is -2.26. The average Bonchev–Trinajstić information content (AvgIpc) is 3.16. The van der Waals surface area contributed by atoms with E-state index in [0.29, 0.717) is 19.6 Å². The monoisotopic (exact) mass is 436 g/mol. The van der Waals surface area contributed by atoms with Crippen molar-refractivity contribution in [3.05, 3.63) is 112 Å². The van der Waals surface area contributed by atoms with Crippen molar-refractivity contribution < 1.29 is 9.53 Å². The summed E-state index contributed by atoms with van der Waals surface area (Å²) in [5.41, 5.74) is 5.72. The van der Waals surface area contributed by atoms with Gasteiger partial charge in [0.2, 0.25) is 5.56 Å². The molecule has 0 saturated carbocycles. The largest absolute Gasteiger partial charge is 0.449 e. The molecule has 0 atom stereocenters. The highest BCUT2D eigenvalue weighted by atomic mass is 16.5. The highest BCUT2D eigenvalue weighted by molar-refractivity contribution is 5.83. The van der Waals surface area contributed by atoms with Crippen LogP contribution in [0, 0.1) is 0 Å². The number of rotatable bonds is 6. The first-order valence-corrected chi connectivity index (χ1v) is 11.1. The fourth-order valence-corrected chi connectivity index (χ4v) is 4.41. The number of pyridine rings is 1. The van der Waals surface area contributed by atoms with E-state index in [0.717, 1.165) is 16.3 Å². The zero-order valence-electron chi connectivity index (χ0n) is 18.1. The summed E-state index contributed by atoms with van der Waals surface area (Å²) in [5, 5.41) is 4.71. The van der Waals surface area contributed by atoms with Gasteiger partial charge in [-0.1, -0.05) is 72.8 Å². The number of amides is 1. The molecule has 4 aromatic rings. The maximum Gasteiger partial charge on any atom is 0.407 e. The number of carbonyl (C=O) groups excluding carboxylic acids is 1. The molecule has 1 heterocycles. The minimum atomic E-state index is -0.407. The minimum Gasteiger partial charge on any atom is -0.449 e. The van der Waals surface area contributed by atoms with Crippen LogP contribution in [0.1, 0.15) is 29.0 Å². The third-order valence-electron chi connectivity index (χ3n) is 6.00. The van der Waals surface area contributed by atoms with Gasteiger partial charge in [-0.3, -0.25) is 4.79 Å². The second kappa shape index (κ2) is 9.17. The summed E-state index contributed by atoms with van der Waals surface area (Å²) < 4.78 is 5.56. The Morgan fingerprint density at radius 2 is 1.67 bits per heavy atom. The molecule has 0 fully saturated rings. The van der Waals surface area contributed by atoms with E-state index in [1.54, 1.807) is 12.3 Å². The van der Waals surface area contributed by atoms with Crippen molar-refractivity contribution in [2.24, 2.45) is 0 Å². The molecule has 0 radical (unpaired) electrons. The summed E-state index contributed by atoms with van der Waals surface area (Å²) in [7, 11) is 0. The van der Waals surface area contributed by atoms with E-state index in [9.17, 15) is 9.59 Å². The van der Waals surface area contributed by atoms with Crippen LogP contribution in [0.2, 0.25) is 0 Å². The Morgan fingerprint density at radius 1 is 0.939 bits per heavy atom. The number of H-pyrrole nitrogens is 1. The molecule has 5 rings (SSSR count). The van der Waals surface area contributed by atoms with Crippen molar-refractivity contribution in [3.63, 3.8) is 0 Å². The second-order valence-corrected chi connectivity index (χ2v) is 8.13. The van der Waals surface area contributed by atoms with Crippen molar-refractivity contribution in [2.75, 3.05) is 13.2 Å². The summed E-state index contributed by atoms with van der Waals surface area (Å²) in [4.78, 5) is 26.4. The summed E-state index contributed by atoms with van der Waals surface area (Å²) in [6.07, 6.45) is 5.97. The van der Waals surface area contributed by atoms with Crippen LogP contribution in [-0.4, -0.2) is 24.2 Å². The lowest BCUT2D eigenvalue weighted by Gasteiger charge is -2.14. The number of hydrogen-bond donors (Lipinski definition) is 2. The van der Waals surface area contributed by atoms with Crippen molar-refractivity contribution >= 4 is 22.9 Å². The molecule has 0 aliphatic heterocycles. The molecule has 2 N–H and O–H groups in total. The van der Waals surface area contributed by atoms with Crippen LogP contribution in [0.15, 0.2) is 89.9 Å². The number of benzene rings is 3. The molecule has 0 unspecified atom stereocenters. The predicted octanol–water partition coefficient (Wildman–Crippen LogP) is 5.47. The summed E-state index contributed by atoms with van der Waals surface area (Å²) in [6.45, 7) is 0.798. The molecule has 164 valence electrons. The van der Waals surface area contributed by atoms with Gasteiger partial charge in [-0.15, -0.1) is 0 Å². The Kier molecular flexibility index (Phi) is 5.77. The van der Waals surface area contributed by atoms with E-state index in [-0.39, 0.29) is 11.5 Å². The number of fused-ring (bicyclic) bond motifs is 4. The van der Waals surface area contributed by atoms with Crippen molar-refractivity contribution in [1.29, 1.82) is 0 Å². The molecule has 1 amide bonds. The molecular weight excluding hydrogens is 412 g/mol. The molecular formula is C28H24N2O3. The van der Waals surface area contributed by atoms with Gasteiger partial charge in [-0.05, 0) is 51.1 Å².